The molecule has 2 nitrogen and oxygen atoms in total. The molecule has 0 aliphatic heterocycles. The summed E-state index contributed by atoms with van der Waals surface area (Å²) in [6.07, 6.45) is 1.29. The molecule has 0 fully saturated rings. The molecule has 0 saturated heterocycles. The molecule has 2 rings (SSSR count). The van der Waals surface area contributed by atoms with Crippen molar-refractivity contribution in [1.29, 1.82) is 0 Å². The van der Waals surface area contributed by atoms with E-state index in [1.807, 2.05) is 24.3 Å². The summed E-state index contributed by atoms with van der Waals surface area (Å²) in [5.41, 5.74) is 0.849. The number of hydrogen-bond acceptors (Lipinski definition) is 1. The van der Waals surface area contributed by atoms with E-state index in [0.29, 0.717) is 6.42 Å². The fourth-order valence-corrected chi connectivity index (χ4v) is 4.34. The predicted molar refractivity (Wildman–Crippen MR) is 96.4 cm³/mol. The summed E-state index contributed by atoms with van der Waals surface area (Å²) in [7, 11) is 0. The minimum atomic E-state index is -0.221. The molecule has 4 heteroatoms. The Bertz CT molecular complexity index is 609. The molecule has 2 aromatic carbocycles. The molecule has 21 heavy (non-hydrogen) atoms. The van der Waals surface area contributed by atoms with Crippen molar-refractivity contribution in [3.8, 4) is 0 Å². The molecule has 1 N–H and O–H groups in total. The first-order valence-electron chi connectivity index (χ1n) is 7.03. The second-order valence-corrected chi connectivity index (χ2v) is 6.39. The first-order chi connectivity index (χ1) is 10.1. The van der Waals surface area contributed by atoms with E-state index in [1.165, 1.54) is 5.39 Å². The molecule has 0 unspecified atom stereocenters. The largest absolute Gasteiger partial charge is 0.349 e. The van der Waals surface area contributed by atoms with Crippen molar-refractivity contribution in [2.24, 2.45) is 0 Å². The molecule has 112 valence electrons. The van der Waals surface area contributed by atoms with Gasteiger partial charge in [0.25, 0.3) is 0 Å². The van der Waals surface area contributed by atoms with Crippen LogP contribution in [0.3, 0.4) is 0 Å². The second-order valence-electron chi connectivity index (χ2n) is 5.26. The number of benzene rings is 2. The fourth-order valence-electron chi connectivity index (χ4n) is 2.34. The van der Waals surface area contributed by atoms with E-state index in [-0.39, 0.29) is 11.4 Å². The number of amides is 1. The van der Waals surface area contributed by atoms with Crippen LogP contribution in [0.5, 0.6) is 0 Å². The van der Waals surface area contributed by atoms with Gasteiger partial charge in [-0.2, -0.15) is 0 Å². The average Bonchev–Trinajstić information content (AvgIpc) is 2.53. The number of nitrogens with one attached hydrogen (secondary N) is 1. The van der Waals surface area contributed by atoms with Gasteiger partial charge in [0.05, 0.1) is 12.0 Å². The topological polar surface area (TPSA) is 29.1 Å². The molecule has 0 aromatic heterocycles. The van der Waals surface area contributed by atoms with Gasteiger partial charge in [-0.05, 0) is 22.8 Å². The summed E-state index contributed by atoms with van der Waals surface area (Å²) in [5.74, 6) is 0.0621. The van der Waals surface area contributed by atoms with Crippen LogP contribution in [0, 0.1) is 0 Å². The highest BCUT2D eigenvalue weighted by Crippen LogP contribution is 2.20. The lowest BCUT2D eigenvalue weighted by molar-refractivity contribution is -0.121. The maximum absolute atomic E-state index is 12.4. The molecular weight excluding hydrogens is 394 g/mol. The Kier molecular flexibility index (Phi) is 5.82. The summed E-state index contributed by atoms with van der Waals surface area (Å²) in [4.78, 5) is 12.4. The summed E-state index contributed by atoms with van der Waals surface area (Å²) in [6.45, 7) is 2.08. The van der Waals surface area contributed by atoms with E-state index in [4.69, 9.17) is 0 Å². The normalized spacial score (nSPS) is 11.6. The smallest absolute Gasteiger partial charge is 0.224 e. The first kappa shape index (κ1) is 16.5. The van der Waals surface area contributed by atoms with Gasteiger partial charge in [0.1, 0.15) is 0 Å². The number of carbonyl (C=O) groups excluding carboxylic acids is 1. The summed E-state index contributed by atoms with van der Waals surface area (Å²) < 4.78 is 0. The van der Waals surface area contributed by atoms with Crippen LogP contribution >= 0.6 is 31.9 Å². The second kappa shape index (κ2) is 7.41. The van der Waals surface area contributed by atoms with Crippen LogP contribution in [0.2, 0.25) is 0 Å². The Morgan fingerprint density at radius 2 is 1.76 bits per heavy atom. The number of fused-ring (bicyclic) bond motifs is 1. The third-order valence-electron chi connectivity index (χ3n) is 3.82. The van der Waals surface area contributed by atoms with E-state index >= 15 is 0 Å². The van der Waals surface area contributed by atoms with Gasteiger partial charge in [-0.1, -0.05) is 81.2 Å². The quantitative estimate of drug-likeness (QED) is 0.698. The van der Waals surface area contributed by atoms with Crippen molar-refractivity contribution in [3.63, 3.8) is 0 Å². The van der Waals surface area contributed by atoms with Crippen molar-refractivity contribution in [1.82, 2.24) is 5.32 Å². The van der Waals surface area contributed by atoms with Crippen molar-refractivity contribution in [2.75, 3.05) is 10.7 Å². The molecule has 0 saturated carbocycles. The van der Waals surface area contributed by atoms with Gasteiger partial charge >= 0.3 is 0 Å². The lowest BCUT2D eigenvalue weighted by Crippen LogP contribution is -2.51. The van der Waals surface area contributed by atoms with Gasteiger partial charge in [0.15, 0.2) is 0 Å². The van der Waals surface area contributed by atoms with Crippen molar-refractivity contribution in [2.45, 2.75) is 25.3 Å². The van der Waals surface area contributed by atoms with Crippen molar-refractivity contribution < 1.29 is 4.79 Å². The fraction of sp³-hybridized carbons (Fsp3) is 0.353. The zero-order valence-corrected chi connectivity index (χ0v) is 15.2. The van der Waals surface area contributed by atoms with Crippen molar-refractivity contribution >= 4 is 48.5 Å². The highest BCUT2D eigenvalue weighted by molar-refractivity contribution is 9.09. The molecule has 0 bridgehead atoms. The van der Waals surface area contributed by atoms with Gasteiger partial charge in [-0.3, -0.25) is 4.79 Å². The Labute approximate surface area is 142 Å². The van der Waals surface area contributed by atoms with Crippen LogP contribution in [0.25, 0.3) is 10.8 Å². The number of halogens is 2. The lowest BCUT2D eigenvalue weighted by Gasteiger charge is -2.30. The first-order valence-corrected chi connectivity index (χ1v) is 9.28. The van der Waals surface area contributed by atoms with Crippen LogP contribution in [0.1, 0.15) is 18.9 Å². The zero-order valence-electron chi connectivity index (χ0n) is 12.0. The minimum absolute atomic E-state index is 0.0621. The van der Waals surface area contributed by atoms with Crippen LogP contribution in [-0.4, -0.2) is 22.1 Å². The van der Waals surface area contributed by atoms with Crippen LogP contribution < -0.4 is 5.32 Å². The Hall–Kier alpha value is -0.870. The van der Waals surface area contributed by atoms with E-state index in [1.54, 1.807) is 0 Å². The van der Waals surface area contributed by atoms with E-state index in [2.05, 4.69) is 62.3 Å². The molecule has 0 radical (unpaired) electrons. The van der Waals surface area contributed by atoms with Crippen molar-refractivity contribution in [3.05, 3.63) is 48.0 Å². The summed E-state index contributed by atoms with van der Waals surface area (Å²) >= 11 is 7.00. The molecule has 0 aliphatic carbocycles. The molecule has 0 aliphatic rings. The van der Waals surface area contributed by atoms with Crippen LogP contribution in [0.4, 0.5) is 0 Å². The lowest BCUT2D eigenvalue weighted by atomic mass is 9.99. The highest BCUT2D eigenvalue weighted by Gasteiger charge is 2.27. The zero-order chi connectivity index (χ0) is 15.3. The number of carbonyl (C=O) groups is 1. The third-order valence-corrected chi connectivity index (χ3v) is 5.97. The summed E-state index contributed by atoms with van der Waals surface area (Å²) in [5, 5.41) is 6.96. The Morgan fingerprint density at radius 3 is 2.43 bits per heavy atom. The van der Waals surface area contributed by atoms with E-state index in [0.717, 1.165) is 28.0 Å². The van der Waals surface area contributed by atoms with Crippen LogP contribution in [0.15, 0.2) is 42.5 Å². The SMILES string of the molecule is CCC(CBr)(CBr)NC(=O)Cc1cccc2ccccc12. The van der Waals surface area contributed by atoms with Gasteiger partial charge < -0.3 is 5.32 Å². The monoisotopic (exact) mass is 411 g/mol. The molecule has 2 aromatic rings. The van der Waals surface area contributed by atoms with E-state index < -0.39 is 0 Å². The Balaban J connectivity index is 2.19. The average molecular weight is 413 g/mol. The highest BCUT2D eigenvalue weighted by atomic mass is 79.9. The van der Waals surface area contributed by atoms with Gasteiger partial charge in [0, 0.05) is 10.7 Å². The standard InChI is InChI=1S/C17H19Br2NO/c1-2-17(11-18,12-19)20-16(21)10-14-8-5-7-13-6-3-4-9-15(13)14/h3-9H,2,10-12H2,1H3,(H,20,21). The molecule has 0 heterocycles. The summed E-state index contributed by atoms with van der Waals surface area (Å²) in [6, 6.07) is 14.3. The minimum Gasteiger partial charge on any atom is -0.349 e. The maximum atomic E-state index is 12.4. The molecule has 1 amide bonds. The molecule has 0 atom stereocenters. The number of hydrogen-bond donors (Lipinski definition) is 1. The number of alkyl halides is 2. The van der Waals surface area contributed by atoms with Gasteiger partial charge in [-0.25, -0.2) is 0 Å². The Morgan fingerprint density at radius 1 is 1.10 bits per heavy atom. The predicted octanol–water partition coefficient (Wildman–Crippen LogP) is 4.44. The van der Waals surface area contributed by atoms with Gasteiger partial charge in [0.2, 0.25) is 5.91 Å². The van der Waals surface area contributed by atoms with Crippen LogP contribution in [-0.2, 0) is 11.2 Å². The molecule has 0 spiro atoms. The number of rotatable bonds is 6. The van der Waals surface area contributed by atoms with E-state index in [9.17, 15) is 4.79 Å². The maximum Gasteiger partial charge on any atom is 0.224 e. The molecular formula is C17H19Br2NO. The van der Waals surface area contributed by atoms with Gasteiger partial charge in [-0.15, -0.1) is 0 Å². The third kappa shape index (κ3) is 3.86.